The van der Waals surface area contributed by atoms with Crippen LogP contribution in [0.15, 0.2) is 9.98 Å². The number of guanidine groups is 1. The summed E-state index contributed by atoms with van der Waals surface area (Å²) in [6.45, 7) is 2.49. The first-order valence-corrected chi connectivity index (χ1v) is 2.99. The molecular weight excluding hydrogens is 116 g/mol. The molecule has 0 amide bonds. The minimum Gasteiger partial charge on any atom is -0.369 e. The van der Waals surface area contributed by atoms with Crippen LogP contribution in [0.25, 0.3) is 0 Å². The van der Waals surface area contributed by atoms with Crippen molar-refractivity contribution in [2.45, 2.75) is 0 Å². The molecule has 0 bridgehead atoms. The Balaban J connectivity index is 2.29. The standard InChI is InChI=1S/C5H8N4/c6-5-8-3-4-7-1-2-9(4)5/h1-3H2,(H2,6,8). The van der Waals surface area contributed by atoms with Crippen LogP contribution in [-0.2, 0) is 0 Å². The second kappa shape index (κ2) is 1.46. The van der Waals surface area contributed by atoms with Crippen LogP contribution in [0.1, 0.15) is 0 Å². The summed E-state index contributed by atoms with van der Waals surface area (Å²) in [5.74, 6) is 1.67. The monoisotopic (exact) mass is 124 g/mol. The van der Waals surface area contributed by atoms with Gasteiger partial charge >= 0.3 is 0 Å². The Morgan fingerprint density at radius 2 is 2.33 bits per heavy atom. The van der Waals surface area contributed by atoms with E-state index in [0.29, 0.717) is 12.5 Å². The summed E-state index contributed by atoms with van der Waals surface area (Å²) in [6.07, 6.45) is 0. The normalized spacial score (nSPS) is 23.8. The number of hydrogen-bond donors (Lipinski definition) is 1. The molecule has 48 valence electrons. The Morgan fingerprint density at radius 1 is 1.44 bits per heavy atom. The number of nitrogens with two attached hydrogens (primary N) is 1. The summed E-state index contributed by atoms with van der Waals surface area (Å²) >= 11 is 0. The second-order valence-electron chi connectivity index (χ2n) is 2.12. The molecule has 0 radical (unpaired) electrons. The van der Waals surface area contributed by atoms with Gasteiger partial charge in [-0.05, 0) is 0 Å². The zero-order valence-electron chi connectivity index (χ0n) is 5.04. The Bertz CT molecular complexity index is 193. The van der Waals surface area contributed by atoms with E-state index in [4.69, 9.17) is 5.73 Å². The summed E-state index contributed by atoms with van der Waals surface area (Å²) in [4.78, 5) is 10.2. The van der Waals surface area contributed by atoms with Crippen LogP contribution >= 0.6 is 0 Å². The molecule has 0 atom stereocenters. The van der Waals surface area contributed by atoms with Crippen LogP contribution in [0.2, 0.25) is 0 Å². The Labute approximate surface area is 53.1 Å². The molecule has 4 nitrogen and oxygen atoms in total. The van der Waals surface area contributed by atoms with Gasteiger partial charge in [-0.2, -0.15) is 0 Å². The van der Waals surface area contributed by atoms with Crippen LogP contribution in [0.3, 0.4) is 0 Å². The zero-order chi connectivity index (χ0) is 6.27. The highest BCUT2D eigenvalue weighted by atomic mass is 15.4. The van der Waals surface area contributed by atoms with Gasteiger partial charge in [-0.3, -0.25) is 9.89 Å². The van der Waals surface area contributed by atoms with E-state index in [9.17, 15) is 0 Å². The molecule has 4 heteroatoms. The fourth-order valence-electron chi connectivity index (χ4n) is 1.11. The number of fused-ring (bicyclic) bond motifs is 1. The van der Waals surface area contributed by atoms with Crippen molar-refractivity contribution in [3.8, 4) is 0 Å². The maximum absolute atomic E-state index is 5.52. The van der Waals surface area contributed by atoms with E-state index in [2.05, 4.69) is 9.98 Å². The second-order valence-corrected chi connectivity index (χ2v) is 2.12. The quantitative estimate of drug-likeness (QED) is 0.451. The van der Waals surface area contributed by atoms with Gasteiger partial charge in [0.05, 0.1) is 6.54 Å². The largest absolute Gasteiger partial charge is 0.369 e. The molecule has 2 rings (SSSR count). The van der Waals surface area contributed by atoms with Gasteiger partial charge in [0.2, 0.25) is 0 Å². The molecule has 0 saturated carbocycles. The maximum atomic E-state index is 5.52. The van der Waals surface area contributed by atoms with Crippen LogP contribution in [0.5, 0.6) is 0 Å². The highest BCUT2D eigenvalue weighted by molar-refractivity contribution is 6.05. The van der Waals surface area contributed by atoms with Crippen LogP contribution in [0.4, 0.5) is 0 Å². The molecule has 0 aliphatic carbocycles. The molecule has 2 aliphatic rings. The lowest BCUT2D eigenvalue weighted by molar-refractivity contribution is 0.669. The fraction of sp³-hybridized carbons (Fsp3) is 0.600. The zero-order valence-corrected chi connectivity index (χ0v) is 5.04. The molecule has 0 spiro atoms. The minimum absolute atomic E-state index is 0.631. The molecule has 0 fully saturated rings. The third-order valence-electron chi connectivity index (χ3n) is 1.59. The van der Waals surface area contributed by atoms with Gasteiger partial charge in [0.25, 0.3) is 0 Å². The number of aliphatic imine (C=N–C) groups is 2. The molecule has 2 heterocycles. The summed E-state index contributed by atoms with van der Waals surface area (Å²) in [7, 11) is 0. The summed E-state index contributed by atoms with van der Waals surface area (Å²) in [6, 6.07) is 0. The van der Waals surface area contributed by atoms with Gasteiger partial charge in [-0.15, -0.1) is 0 Å². The van der Waals surface area contributed by atoms with Crippen molar-refractivity contribution in [2.24, 2.45) is 15.7 Å². The third-order valence-corrected chi connectivity index (χ3v) is 1.59. The van der Waals surface area contributed by atoms with Gasteiger partial charge in [0, 0.05) is 6.54 Å². The van der Waals surface area contributed by atoms with Crippen LogP contribution < -0.4 is 5.73 Å². The van der Waals surface area contributed by atoms with E-state index in [1.165, 1.54) is 0 Å². The highest BCUT2D eigenvalue weighted by Gasteiger charge is 2.23. The smallest absolute Gasteiger partial charge is 0.197 e. The maximum Gasteiger partial charge on any atom is 0.197 e. The van der Waals surface area contributed by atoms with Gasteiger partial charge in [0.1, 0.15) is 12.4 Å². The average molecular weight is 124 g/mol. The molecule has 0 aromatic heterocycles. The number of nitrogens with zero attached hydrogens (tertiary/aromatic N) is 3. The van der Waals surface area contributed by atoms with E-state index in [0.717, 1.165) is 18.9 Å². The third kappa shape index (κ3) is 0.526. The number of amidine groups is 1. The number of rotatable bonds is 0. The van der Waals surface area contributed by atoms with Crippen molar-refractivity contribution in [1.29, 1.82) is 0 Å². The molecule has 2 aliphatic heterocycles. The topological polar surface area (TPSA) is 54.0 Å². The van der Waals surface area contributed by atoms with Crippen molar-refractivity contribution < 1.29 is 0 Å². The summed E-state index contributed by atoms with van der Waals surface area (Å²) in [5.41, 5.74) is 5.52. The van der Waals surface area contributed by atoms with Crippen molar-refractivity contribution in [1.82, 2.24) is 4.90 Å². The molecule has 0 aromatic rings. The van der Waals surface area contributed by atoms with Crippen molar-refractivity contribution in [3.05, 3.63) is 0 Å². The highest BCUT2D eigenvalue weighted by Crippen LogP contribution is 2.06. The predicted molar refractivity (Wildman–Crippen MR) is 35.5 cm³/mol. The Hall–Kier alpha value is -1.06. The summed E-state index contributed by atoms with van der Waals surface area (Å²) in [5, 5.41) is 0. The van der Waals surface area contributed by atoms with Crippen molar-refractivity contribution in [2.75, 3.05) is 19.6 Å². The minimum atomic E-state index is 0.631. The molecule has 0 aromatic carbocycles. The Morgan fingerprint density at radius 3 is 3.11 bits per heavy atom. The number of hydrogen-bond acceptors (Lipinski definition) is 4. The first kappa shape index (κ1) is 4.78. The molecule has 0 saturated heterocycles. The molecular formula is C5H8N4. The van der Waals surface area contributed by atoms with Crippen molar-refractivity contribution in [3.63, 3.8) is 0 Å². The lowest BCUT2D eigenvalue weighted by Gasteiger charge is -2.09. The summed E-state index contributed by atoms with van der Waals surface area (Å²) < 4.78 is 0. The SMILES string of the molecule is NC1=NCC2=NCCN12. The van der Waals surface area contributed by atoms with Gasteiger partial charge in [-0.1, -0.05) is 0 Å². The van der Waals surface area contributed by atoms with Crippen LogP contribution in [-0.4, -0.2) is 36.3 Å². The Kier molecular flexibility index (Phi) is 0.777. The first-order chi connectivity index (χ1) is 4.38. The molecule has 2 N–H and O–H groups in total. The molecule has 9 heavy (non-hydrogen) atoms. The van der Waals surface area contributed by atoms with Crippen LogP contribution in [0, 0.1) is 0 Å². The van der Waals surface area contributed by atoms with E-state index >= 15 is 0 Å². The van der Waals surface area contributed by atoms with E-state index in [1.807, 2.05) is 4.90 Å². The van der Waals surface area contributed by atoms with E-state index in [1.54, 1.807) is 0 Å². The van der Waals surface area contributed by atoms with E-state index < -0.39 is 0 Å². The van der Waals surface area contributed by atoms with Gasteiger partial charge in [-0.25, -0.2) is 4.99 Å². The lowest BCUT2D eigenvalue weighted by atomic mass is 10.5. The first-order valence-electron chi connectivity index (χ1n) is 2.99. The fourth-order valence-corrected chi connectivity index (χ4v) is 1.11. The van der Waals surface area contributed by atoms with Gasteiger partial charge in [0.15, 0.2) is 5.96 Å². The predicted octanol–water partition coefficient (Wildman–Crippen LogP) is -0.971. The van der Waals surface area contributed by atoms with E-state index in [-0.39, 0.29) is 0 Å². The lowest BCUT2D eigenvalue weighted by Crippen LogP contribution is -2.35. The average Bonchev–Trinajstić information content (AvgIpc) is 2.35. The van der Waals surface area contributed by atoms with Crippen molar-refractivity contribution >= 4 is 11.8 Å². The molecule has 0 unspecified atom stereocenters. The van der Waals surface area contributed by atoms with Gasteiger partial charge < -0.3 is 5.73 Å².